The van der Waals surface area contributed by atoms with Crippen molar-refractivity contribution in [3.63, 3.8) is 0 Å². The van der Waals surface area contributed by atoms with Crippen LogP contribution in [-0.2, 0) is 19.6 Å². The van der Waals surface area contributed by atoms with E-state index >= 15 is 0 Å². The number of anilines is 3. The molecule has 1 aliphatic heterocycles. The molecule has 3 aromatic rings. The summed E-state index contributed by atoms with van der Waals surface area (Å²) in [6.07, 6.45) is 1.48. The standard InChI is InChI=1S/C23H19ClN4O4S/c1-14-6-7-15(2)18(13-14)28-22(29)20(24)21(23(28)30)26-16-8-10-17(11-9-16)33(31,32)27-19-5-3-4-12-25-19/h3-13,26H,1-2H3,(H,25,27). The topological polar surface area (TPSA) is 108 Å². The molecule has 0 saturated carbocycles. The summed E-state index contributed by atoms with van der Waals surface area (Å²) in [5, 5.41) is 2.60. The van der Waals surface area contributed by atoms with Gasteiger partial charge in [0.05, 0.1) is 10.6 Å². The van der Waals surface area contributed by atoms with E-state index in [4.69, 9.17) is 11.6 Å². The van der Waals surface area contributed by atoms with Crippen LogP contribution in [0.1, 0.15) is 11.1 Å². The lowest BCUT2D eigenvalue weighted by Gasteiger charge is -2.18. The summed E-state index contributed by atoms with van der Waals surface area (Å²) < 4.78 is 27.5. The Labute approximate surface area is 196 Å². The average molecular weight is 483 g/mol. The van der Waals surface area contributed by atoms with E-state index in [1.165, 1.54) is 36.5 Å². The van der Waals surface area contributed by atoms with Crippen LogP contribution in [0.15, 0.2) is 82.5 Å². The molecule has 0 radical (unpaired) electrons. The quantitative estimate of drug-likeness (QED) is 0.515. The first kappa shape index (κ1) is 22.5. The predicted octanol–water partition coefficient (Wildman–Crippen LogP) is 3.93. The van der Waals surface area contributed by atoms with Crippen LogP contribution in [0.5, 0.6) is 0 Å². The minimum Gasteiger partial charge on any atom is -0.350 e. The second-order valence-electron chi connectivity index (χ2n) is 7.39. The van der Waals surface area contributed by atoms with Gasteiger partial charge in [0, 0.05) is 11.9 Å². The van der Waals surface area contributed by atoms with Crippen molar-refractivity contribution in [2.45, 2.75) is 18.7 Å². The molecule has 8 nitrogen and oxygen atoms in total. The number of carbonyl (C=O) groups excluding carboxylic acids is 2. The molecule has 0 bridgehead atoms. The Morgan fingerprint density at radius 1 is 0.939 bits per heavy atom. The molecule has 33 heavy (non-hydrogen) atoms. The second kappa shape index (κ2) is 8.68. The molecule has 10 heteroatoms. The van der Waals surface area contributed by atoms with Crippen LogP contribution in [0.25, 0.3) is 0 Å². The summed E-state index contributed by atoms with van der Waals surface area (Å²) in [5.74, 6) is -1.03. The Morgan fingerprint density at radius 3 is 2.33 bits per heavy atom. The number of sulfonamides is 1. The van der Waals surface area contributed by atoms with Crippen LogP contribution < -0.4 is 14.9 Å². The number of hydrogen-bond acceptors (Lipinski definition) is 6. The Kier molecular flexibility index (Phi) is 5.92. The Morgan fingerprint density at radius 2 is 1.67 bits per heavy atom. The van der Waals surface area contributed by atoms with Gasteiger partial charge in [-0.1, -0.05) is 29.8 Å². The number of aryl methyl sites for hydroxylation is 2. The largest absolute Gasteiger partial charge is 0.350 e. The number of imide groups is 1. The zero-order chi connectivity index (χ0) is 23.8. The third-order valence-electron chi connectivity index (χ3n) is 4.97. The summed E-state index contributed by atoms with van der Waals surface area (Å²) in [6.45, 7) is 3.66. The zero-order valence-electron chi connectivity index (χ0n) is 17.7. The summed E-state index contributed by atoms with van der Waals surface area (Å²) in [4.78, 5) is 30.7. The Hall–Kier alpha value is -3.69. The monoisotopic (exact) mass is 482 g/mol. The number of nitrogens with zero attached hydrogens (tertiary/aromatic N) is 2. The highest BCUT2D eigenvalue weighted by Crippen LogP contribution is 2.32. The molecule has 1 aromatic heterocycles. The number of aromatic nitrogens is 1. The van der Waals surface area contributed by atoms with Gasteiger partial charge in [-0.2, -0.15) is 0 Å². The SMILES string of the molecule is Cc1ccc(C)c(N2C(=O)C(Cl)=C(Nc3ccc(S(=O)(=O)Nc4ccccn4)cc3)C2=O)c1. The van der Waals surface area contributed by atoms with Gasteiger partial charge in [0.25, 0.3) is 21.8 Å². The third-order valence-corrected chi connectivity index (χ3v) is 6.69. The Bertz CT molecular complexity index is 1390. The molecule has 0 saturated heterocycles. The molecular weight excluding hydrogens is 464 g/mol. The highest BCUT2D eigenvalue weighted by molar-refractivity contribution is 7.92. The second-order valence-corrected chi connectivity index (χ2v) is 9.45. The summed E-state index contributed by atoms with van der Waals surface area (Å²) in [5.41, 5.74) is 2.42. The summed E-state index contributed by atoms with van der Waals surface area (Å²) in [7, 11) is -3.85. The van der Waals surface area contributed by atoms with Crippen LogP contribution in [0.4, 0.5) is 17.2 Å². The molecule has 1 aliphatic rings. The van der Waals surface area contributed by atoms with E-state index < -0.39 is 21.8 Å². The minimum absolute atomic E-state index is 0.00427. The van der Waals surface area contributed by atoms with Crippen molar-refractivity contribution in [3.8, 4) is 0 Å². The van der Waals surface area contributed by atoms with Crippen molar-refractivity contribution in [1.29, 1.82) is 0 Å². The molecule has 168 valence electrons. The highest BCUT2D eigenvalue weighted by Gasteiger charge is 2.39. The van der Waals surface area contributed by atoms with Gasteiger partial charge in [-0.25, -0.2) is 18.3 Å². The van der Waals surface area contributed by atoms with Crippen LogP contribution in [-0.4, -0.2) is 25.2 Å². The maximum atomic E-state index is 13.0. The number of halogens is 1. The van der Waals surface area contributed by atoms with Crippen molar-refractivity contribution in [2.24, 2.45) is 0 Å². The number of benzene rings is 2. The molecule has 0 fully saturated rings. The molecular formula is C23H19ClN4O4S. The molecule has 0 spiro atoms. The summed E-state index contributed by atoms with van der Waals surface area (Å²) >= 11 is 6.20. The molecule has 0 unspecified atom stereocenters. The zero-order valence-corrected chi connectivity index (χ0v) is 19.2. The first-order valence-electron chi connectivity index (χ1n) is 9.84. The van der Waals surface area contributed by atoms with Crippen LogP contribution >= 0.6 is 11.6 Å². The van der Waals surface area contributed by atoms with E-state index in [9.17, 15) is 18.0 Å². The molecule has 2 N–H and O–H groups in total. The van der Waals surface area contributed by atoms with Crippen LogP contribution in [0.3, 0.4) is 0 Å². The molecule has 4 rings (SSSR count). The van der Waals surface area contributed by atoms with Gasteiger partial charge >= 0.3 is 0 Å². The number of rotatable bonds is 6. The van der Waals surface area contributed by atoms with Gasteiger partial charge in [-0.15, -0.1) is 0 Å². The van der Waals surface area contributed by atoms with Crippen molar-refractivity contribution < 1.29 is 18.0 Å². The first-order chi connectivity index (χ1) is 15.7. The molecule has 2 amide bonds. The van der Waals surface area contributed by atoms with Gasteiger partial charge in [0.15, 0.2) is 0 Å². The number of pyridine rings is 1. The van der Waals surface area contributed by atoms with E-state index in [1.807, 2.05) is 19.1 Å². The van der Waals surface area contributed by atoms with Crippen LogP contribution in [0, 0.1) is 13.8 Å². The predicted molar refractivity (Wildman–Crippen MR) is 126 cm³/mol. The summed E-state index contributed by atoms with van der Waals surface area (Å²) in [6, 6.07) is 16.0. The lowest BCUT2D eigenvalue weighted by molar-refractivity contribution is -0.120. The van der Waals surface area contributed by atoms with Crippen molar-refractivity contribution >= 4 is 50.6 Å². The fourth-order valence-corrected chi connectivity index (χ4v) is 4.49. The smallest absolute Gasteiger partial charge is 0.283 e. The minimum atomic E-state index is -3.85. The van der Waals surface area contributed by atoms with Gasteiger partial charge in [-0.05, 0) is 67.4 Å². The maximum Gasteiger partial charge on any atom is 0.283 e. The molecule has 0 atom stereocenters. The number of amides is 2. The fraction of sp³-hybridized carbons (Fsp3) is 0.0870. The van der Waals surface area contributed by atoms with E-state index in [1.54, 1.807) is 25.1 Å². The van der Waals surface area contributed by atoms with E-state index in [0.29, 0.717) is 11.4 Å². The van der Waals surface area contributed by atoms with Crippen molar-refractivity contribution in [2.75, 3.05) is 14.9 Å². The first-order valence-corrected chi connectivity index (χ1v) is 11.7. The average Bonchev–Trinajstić information content (AvgIpc) is 2.99. The number of nitrogens with one attached hydrogen (secondary N) is 2. The lowest BCUT2D eigenvalue weighted by atomic mass is 10.1. The normalized spacial score (nSPS) is 14.1. The van der Waals surface area contributed by atoms with Crippen LogP contribution in [0.2, 0.25) is 0 Å². The van der Waals surface area contributed by atoms with E-state index in [2.05, 4.69) is 15.0 Å². The van der Waals surface area contributed by atoms with Gasteiger partial charge in [-0.3, -0.25) is 14.3 Å². The van der Waals surface area contributed by atoms with E-state index in [0.717, 1.165) is 16.0 Å². The van der Waals surface area contributed by atoms with E-state index in [-0.39, 0.29) is 21.4 Å². The third kappa shape index (κ3) is 4.46. The lowest BCUT2D eigenvalue weighted by Crippen LogP contribution is -2.32. The van der Waals surface area contributed by atoms with Gasteiger partial charge in [0.2, 0.25) is 0 Å². The molecule has 0 aliphatic carbocycles. The van der Waals surface area contributed by atoms with Gasteiger partial charge < -0.3 is 5.32 Å². The highest BCUT2D eigenvalue weighted by atomic mass is 35.5. The molecule has 2 heterocycles. The molecule has 2 aromatic carbocycles. The van der Waals surface area contributed by atoms with Crippen molar-refractivity contribution in [3.05, 3.63) is 88.7 Å². The number of hydrogen-bond donors (Lipinski definition) is 2. The van der Waals surface area contributed by atoms with Gasteiger partial charge in [0.1, 0.15) is 16.5 Å². The van der Waals surface area contributed by atoms with Crippen molar-refractivity contribution in [1.82, 2.24) is 4.98 Å². The maximum absolute atomic E-state index is 13.0. The fourth-order valence-electron chi connectivity index (χ4n) is 3.27. The number of carbonyl (C=O) groups is 2. The Balaban J connectivity index is 1.55.